The van der Waals surface area contributed by atoms with Gasteiger partial charge in [0.15, 0.2) is 6.29 Å². The van der Waals surface area contributed by atoms with Crippen LogP contribution in [0.4, 0.5) is 0 Å². The highest BCUT2D eigenvalue weighted by Crippen LogP contribution is 2.23. The highest BCUT2D eigenvalue weighted by molar-refractivity contribution is 5.57. The smallest absolute Gasteiger partial charge is 0.151 e. The van der Waals surface area contributed by atoms with Crippen molar-refractivity contribution in [3.63, 3.8) is 0 Å². The van der Waals surface area contributed by atoms with Crippen LogP contribution >= 0.6 is 0 Å². The Balaban J connectivity index is 2.71. The van der Waals surface area contributed by atoms with Gasteiger partial charge < -0.3 is 24.9 Å². The first-order chi connectivity index (χ1) is 5.64. The molecular formula is C7H12O5. The number of rotatable bonds is 2. The van der Waals surface area contributed by atoms with Crippen LogP contribution in [0.25, 0.3) is 0 Å². The van der Waals surface area contributed by atoms with Crippen LogP contribution in [0.2, 0.25) is 0 Å². The third-order valence-electron chi connectivity index (χ3n) is 2.11. The first-order valence-electron chi connectivity index (χ1n) is 3.72. The molecule has 0 radical (unpaired) electrons. The minimum absolute atomic E-state index is 0.134. The second-order valence-electron chi connectivity index (χ2n) is 2.93. The third kappa shape index (κ3) is 1.49. The fourth-order valence-corrected chi connectivity index (χ4v) is 1.20. The Morgan fingerprint density at radius 1 is 1.67 bits per heavy atom. The minimum atomic E-state index is -1.59. The SMILES string of the molecule is O=C[C@@H]1OCC[C@@](O)(CO)[C@H]1O. The van der Waals surface area contributed by atoms with Crippen molar-refractivity contribution in [2.24, 2.45) is 0 Å². The van der Waals surface area contributed by atoms with Crippen molar-refractivity contribution in [3.8, 4) is 0 Å². The lowest BCUT2D eigenvalue weighted by Gasteiger charge is -2.38. The predicted molar refractivity (Wildman–Crippen MR) is 38.5 cm³/mol. The lowest BCUT2D eigenvalue weighted by Crippen LogP contribution is -2.57. The van der Waals surface area contributed by atoms with E-state index in [0.717, 1.165) is 0 Å². The molecule has 1 aliphatic rings. The van der Waals surface area contributed by atoms with Crippen molar-refractivity contribution in [2.45, 2.75) is 24.2 Å². The summed E-state index contributed by atoms with van der Waals surface area (Å²) in [6.07, 6.45) is -1.82. The van der Waals surface area contributed by atoms with E-state index in [0.29, 0.717) is 6.29 Å². The first-order valence-corrected chi connectivity index (χ1v) is 3.72. The molecule has 1 saturated heterocycles. The molecule has 5 nitrogen and oxygen atoms in total. The topological polar surface area (TPSA) is 87.0 Å². The lowest BCUT2D eigenvalue weighted by molar-refractivity contribution is -0.198. The summed E-state index contributed by atoms with van der Waals surface area (Å²) in [6, 6.07) is 0. The van der Waals surface area contributed by atoms with Crippen molar-refractivity contribution in [1.82, 2.24) is 0 Å². The van der Waals surface area contributed by atoms with Gasteiger partial charge in [0.25, 0.3) is 0 Å². The number of aliphatic hydroxyl groups is 3. The van der Waals surface area contributed by atoms with Gasteiger partial charge in [0.1, 0.15) is 17.8 Å². The molecule has 1 rings (SSSR count). The Morgan fingerprint density at radius 2 is 2.33 bits per heavy atom. The van der Waals surface area contributed by atoms with Gasteiger partial charge in [0, 0.05) is 6.42 Å². The zero-order chi connectivity index (χ0) is 9.19. The molecule has 0 aliphatic carbocycles. The molecule has 3 atom stereocenters. The summed E-state index contributed by atoms with van der Waals surface area (Å²) < 4.78 is 4.85. The number of hydrogen-bond donors (Lipinski definition) is 3. The van der Waals surface area contributed by atoms with Gasteiger partial charge in [0.2, 0.25) is 0 Å². The van der Waals surface area contributed by atoms with Gasteiger partial charge in [-0.1, -0.05) is 0 Å². The summed E-state index contributed by atoms with van der Waals surface area (Å²) in [7, 11) is 0. The van der Waals surface area contributed by atoms with Gasteiger partial charge in [-0.25, -0.2) is 0 Å². The molecule has 1 heterocycles. The molecule has 0 unspecified atom stereocenters. The van der Waals surface area contributed by atoms with Crippen molar-refractivity contribution in [2.75, 3.05) is 13.2 Å². The van der Waals surface area contributed by atoms with E-state index in [-0.39, 0.29) is 13.0 Å². The predicted octanol–water partition coefficient (Wildman–Crippen LogP) is -1.94. The normalized spacial score (nSPS) is 42.6. The van der Waals surface area contributed by atoms with Crippen molar-refractivity contribution < 1.29 is 24.9 Å². The van der Waals surface area contributed by atoms with E-state index in [1.807, 2.05) is 0 Å². The average molecular weight is 176 g/mol. The van der Waals surface area contributed by atoms with Gasteiger partial charge in [-0.05, 0) is 0 Å². The summed E-state index contributed by atoms with van der Waals surface area (Å²) in [5.41, 5.74) is -1.59. The maximum Gasteiger partial charge on any atom is 0.151 e. The standard InChI is InChI=1S/C7H12O5/c8-3-5-6(10)7(11,4-9)1-2-12-5/h3,5-6,9-11H,1-2,4H2/t5-,6-,7+/m0/s1. The largest absolute Gasteiger partial charge is 0.393 e. The summed E-state index contributed by atoms with van der Waals surface area (Å²) in [6.45, 7) is -0.403. The van der Waals surface area contributed by atoms with Crippen LogP contribution in [-0.4, -0.2) is 52.6 Å². The number of aldehydes is 1. The van der Waals surface area contributed by atoms with Crippen LogP contribution in [0.1, 0.15) is 6.42 Å². The highest BCUT2D eigenvalue weighted by atomic mass is 16.5. The molecule has 0 aromatic rings. The third-order valence-corrected chi connectivity index (χ3v) is 2.11. The van der Waals surface area contributed by atoms with Crippen molar-refractivity contribution in [3.05, 3.63) is 0 Å². The molecule has 0 aromatic heterocycles. The number of ether oxygens (including phenoxy) is 1. The molecule has 5 heteroatoms. The van der Waals surface area contributed by atoms with E-state index in [1.54, 1.807) is 0 Å². The lowest BCUT2D eigenvalue weighted by atomic mass is 9.88. The van der Waals surface area contributed by atoms with Crippen LogP contribution in [0.5, 0.6) is 0 Å². The van der Waals surface area contributed by atoms with Crippen LogP contribution < -0.4 is 0 Å². The molecule has 0 saturated carbocycles. The van der Waals surface area contributed by atoms with Gasteiger partial charge in [-0.2, -0.15) is 0 Å². The van der Waals surface area contributed by atoms with Crippen LogP contribution in [0.15, 0.2) is 0 Å². The first kappa shape index (κ1) is 9.60. The average Bonchev–Trinajstić information content (AvgIpc) is 2.10. The Kier molecular flexibility index (Phi) is 2.79. The zero-order valence-electron chi connectivity index (χ0n) is 6.51. The van der Waals surface area contributed by atoms with E-state index in [1.165, 1.54) is 0 Å². The minimum Gasteiger partial charge on any atom is -0.393 e. The quantitative estimate of drug-likeness (QED) is 0.426. The number of carbonyl (C=O) groups excluding carboxylic acids is 1. The second kappa shape index (κ2) is 3.49. The van der Waals surface area contributed by atoms with Gasteiger partial charge in [-0.3, -0.25) is 0 Å². The number of hydrogen-bond acceptors (Lipinski definition) is 5. The van der Waals surface area contributed by atoms with E-state index >= 15 is 0 Å². The number of carbonyl (C=O) groups is 1. The monoisotopic (exact) mass is 176 g/mol. The van der Waals surface area contributed by atoms with Crippen LogP contribution in [0, 0.1) is 0 Å². The van der Waals surface area contributed by atoms with E-state index in [9.17, 15) is 15.0 Å². The summed E-state index contributed by atoms with van der Waals surface area (Å²) in [5, 5.41) is 27.6. The highest BCUT2D eigenvalue weighted by Gasteiger charge is 2.43. The van der Waals surface area contributed by atoms with Crippen LogP contribution in [0.3, 0.4) is 0 Å². The fraction of sp³-hybridized carbons (Fsp3) is 0.857. The van der Waals surface area contributed by atoms with E-state index in [2.05, 4.69) is 0 Å². The Bertz CT molecular complexity index is 171. The second-order valence-corrected chi connectivity index (χ2v) is 2.93. The van der Waals surface area contributed by atoms with Crippen molar-refractivity contribution >= 4 is 6.29 Å². The fourth-order valence-electron chi connectivity index (χ4n) is 1.20. The summed E-state index contributed by atoms with van der Waals surface area (Å²) in [4.78, 5) is 10.3. The summed E-state index contributed by atoms with van der Waals surface area (Å²) in [5.74, 6) is 0. The zero-order valence-corrected chi connectivity index (χ0v) is 6.51. The molecule has 70 valence electrons. The van der Waals surface area contributed by atoms with Gasteiger partial charge >= 0.3 is 0 Å². The number of aliphatic hydroxyl groups excluding tert-OH is 2. The maximum absolute atomic E-state index is 10.3. The summed E-state index contributed by atoms with van der Waals surface area (Å²) >= 11 is 0. The molecule has 0 aromatic carbocycles. The molecule has 1 aliphatic heterocycles. The molecule has 1 fully saturated rings. The molecule has 0 amide bonds. The van der Waals surface area contributed by atoms with Crippen molar-refractivity contribution in [1.29, 1.82) is 0 Å². The molecule has 12 heavy (non-hydrogen) atoms. The van der Waals surface area contributed by atoms with Gasteiger partial charge in [-0.15, -0.1) is 0 Å². The molecule has 3 N–H and O–H groups in total. The van der Waals surface area contributed by atoms with Gasteiger partial charge in [0.05, 0.1) is 13.2 Å². The Morgan fingerprint density at radius 3 is 2.83 bits per heavy atom. The molecule has 0 spiro atoms. The van der Waals surface area contributed by atoms with E-state index < -0.39 is 24.4 Å². The molecular weight excluding hydrogens is 164 g/mol. The van der Waals surface area contributed by atoms with Crippen LogP contribution in [-0.2, 0) is 9.53 Å². The molecule has 0 bridgehead atoms. The maximum atomic E-state index is 10.3. The Hall–Kier alpha value is -0.490. The van der Waals surface area contributed by atoms with E-state index in [4.69, 9.17) is 9.84 Å². The Labute approximate surface area is 69.6 Å².